The number of rotatable bonds is 3. The number of fused-ring (bicyclic) bond motifs is 1. The van der Waals surface area contributed by atoms with Crippen LogP contribution in [0.25, 0.3) is 10.9 Å². The lowest BCUT2D eigenvalue weighted by atomic mass is 10.1. The quantitative estimate of drug-likeness (QED) is 0.751. The Kier molecular flexibility index (Phi) is 3.81. The van der Waals surface area contributed by atoms with Gasteiger partial charge in [0.15, 0.2) is 4.77 Å². The van der Waals surface area contributed by atoms with E-state index in [9.17, 15) is 4.79 Å². The van der Waals surface area contributed by atoms with E-state index in [-0.39, 0.29) is 11.6 Å². The van der Waals surface area contributed by atoms with Crippen molar-refractivity contribution >= 4 is 23.1 Å². The summed E-state index contributed by atoms with van der Waals surface area (Å²) in [6, 6.07) is 14.9. The Morgan fingerprint density at radius 1 is 1.14 bits per heavy atom. The average molecular weight is 312 g/mol. The molecule has 1 aromatic heterocycles. The summed E-state index contributed by atoms with van der Waals surface area (Å²) < 4.78 is 7.20. The largest absolute Gasteiger partial charge is 0.497 e. The maximum atomic E-state index is 12.7. The van der Waals surface area contributed by atoms with Crippen molar-refractivity contribution in [2.45, 2.75) is 13.0 Å². The molecule has 3 rings (SSSR count). The molecule has 0 amide bonds. The van der Waals surface area contributed by atoms with Crippen LogP contribution >= 0.6 is 12.2 Å². The molecular formula is C17H16N2O2S. The molecule has 3 aromatic rings. The van der Waals surface area contributed by atoms with Crippen LogP contribution in [0, 0.1) is 4.77 Å². The molecule has 1 N–H and O–H groups in total. The monoisotopic (exact) mass is 312 g/mol. The number of aromatic nitrogens is 2. The molecule has 1 heterocycles. The first kappa shape index (κ1) is 14.5. The highest BCUT2D eigenvalue weighted by molar-refractivity contribution is 7.71. The zero-order valence-electron chi connectivity index (χ0n) is 12.4. The molecular weight excluding hydrogens is 296 g/mol. The molecule has 1 atom stereocenters. The van der Waals surface area contributed by atoms with Crippen LogP contribution in [0.3, 0.4) is 0 Å². The van der Waals surface area contributed by atoms with Crippen LogP contribution in [0.1, 0.15) is 18.5 Å². The number of H-pyrrole nitrogens is 1. The van der Waals surface area contributed by atoms with Gasteiger partial charge in [0.25, 0.3) is 5.56 Å². The van der Waals surface area contributed by atoms with Crippen LogP contribution in [-0.2, 0) is 0 Å². The molecule has 4 nitrogen and oxygen atoms in total. The maximum Gasteiger partial charge on any atom is 0.262 e. The van der Waals surface area contributed by atoms with Gasteiger partial charge in [-0.1, -0.05) is 24.3 Å². The Balaban J connectivity index is 2.16. The molecule has 0 bridgehead atoms. The van der Waals surface area contributed by atoms with Crippen molar-refractivity contribution < 1.29 is 4.74 Å². The van der Waals surface area contributed by atoms with Gasteiger partial charge in [-0.2, -0.15) is 0 Å². The highest BCUT2D eigenvalue weighted by Gasteiger charge is 2.13. The average Bonchev–Trinajstić information content (AvgIpc) is 2.55. The molecule has 0 aliphatic heterocycles. The Morgan fingerprint density at radius 2 is 1.82 bits per heavy atom. The number of para-hydroxylation sites is 1. The number of nitrogens with one attached hydrogen (secondary N) is 1. The minimum Gasteiger partial charge on any atom is -0.497 e. The van der Waals surface area contributed by atoms with E-state index in [1.165, 1.54) is 0 Å². The van der Waals surface area contributed by atoms with Crippen molar-refractivity contribution in [2.24, 2.45) is 0 Å². The topological polar surface area (TPSA) is 47.0 Å². The summed E-state index contributed by atoms with van der Waals surface area (Å²) in [5, 5.41) is 0.636. The predicted molar refractivity (Wildman–Crippen MR) is 90.2 cm³/mol. The zero-order valence-corrected chi connectivity index (χ0v) is 13.2. The van der Waals surface area contributed by atoms with Gasteiger partial charge in [0.2, 0.25) is 0 Å². The number of hydrogen-bond donors (Lipinski definition) is 1. The lowest BCUT2D eigenvalue weighted by Crippen LogP contribution is -2.25. The normalized spacial score (nSPS) is 12.3. The number of aromatic amines is 1. The molecule has 22 heavy (non-hydrogen) atoms. The number of methoxy groups -OCH3 is 1. The van der Waals surface area contributed by atoms with E-state index >= 15 is 0 Å². The van der Waals surface area contributed by atoms with Gasteiger partial charge in [-0.3, -0.25) is 9.36 Å². The first-order valence-corrected chi connectivity index (χ1v) is 7.40. The Morgan fingerprint density at radius 3 is 2.50 bits per heavy atom. The molecule has 0 unspecified atom stereocenters. The van der Waals surface area contributed by atoms with Crippen molar-refractivity contribution in [1.29, 1.82) is 0 Å². The van der Waals surface area contributed by atoms with Gasteiger partial charge in [-0.05, 0) is 49.0 Å². The second-order valence-electron chi connectivity index (χ2n) is 5.10. The lowest BCUT2D eigenvalue weighted by Gasteiger charge is -2.17. The standard InChI is InChI=1S/C17H16N2O2S/c1-11(12-7-9-13(21-2)10-8-12)19-16(20)14-5-3-4-6-15(14)18-17(19)22/h3-11H,1-2H3,(H,18,22)/t11-/m1/s1. The molecule has 0 saturated carbocycles. The fourth-order valence-electron chi connectivity index (χ4n) is 2.56. The van der Waals surface area contributed by atoms with Crippen molar-refractivity contribution in [3.63, 3.8) is 0 Å². The SMILES string of the molecule is COc1ccc([C@@H](C)n2c(=S)[nH]c3ccccc3c2=O)cc1. The van der Waals surface area contributed by atoms with Crippen LogP contribution in [0.5, 0.6) is 5.75 Å². The van der Waals surface area contributed by atoms with Crippen LogP contribution in [0.15, 0.2) is 53.3 Å². The number of benzene rings is 2. The summed E-state index contributed by atoms with van der Waals surface area (Å²) >= 11 is 5.37. The predicted octanol–water partition coefficient (Wildman–Crippen LogP) is 3.68. The first-order valence-electron chi connectivity index (χ1n) is 6.99. The van der Waals surface area contributed by atoms with Crippen molar-refractivity contribution in [2.75, 3.05) is 7.11 Å². The third-order valence-corrected chi connectivity index (χ3v) is 4.12. The highest BCUT2D eigenvalue weighted by atomic mass is 32.1. The van der Waals surface area contributed by atoms with Crippen molar-refractivity contribution in [3.8, 4) is 5.75 Å². The van der Waals surface area contributed by atoms with Crippen molar-refractivity contribution in [3.05, 3.63) is 69.2 Å². The van der Waals surface area contributed by atoms with E-state index in [2.05, 4.69) is 4.98 Å². The summed E-state index contributed by atoms with van der Waals surface area (Å²) in [5.74, 6) is 0.784. The molecule has 0 spiro atoms. The number of ether oxygens (including phenoxy) is 1. The van der Waals surface area contributed by atoms with E-state index in [1.807, 2.05) is 49.4 Å². The molecule has 5 heteroatoms. The van der Waals surface area contributed by atoms with E-state index in [1.54, 1.807) is 17.7 Å². The fraction of sp³-hybridized carbons (Fsp3) is 0.176. The smallest absolute Gasteiger partial charge is 0.262 e. The molecule has 112 valence electrons. The maximum absolute atomic E-state index is 12.7. The molecule has 0 fully saturated rings. The van der Waals surface area contributed by atoms with Gasteiger partial charge in [0.05, 0.1) is 24.1 Å². The van der Waals surface area contributed by atoms with Crippen molar-refractivity contribution in [1.82, 2.24) is 9.55 Å². The van der Waals surface area contributed by atoms with E-state index in [0.717, 1.165) is 16.8 Å². The minimum absolute atomic E-state index is 0.0809. The third-order valence-electron chi connectivity index (χ3n) is 3.82. The number of nitrogens with zero attached hydrogens (tertiary/aromatic N) is 1. The summed E-state index contributed by atoms with van der Waals surface area (Å²) in [4.78, 5) is 15.9. The summed E-state index contributed by atoms with van der Waals surface area (Å²) in [5.41, 5.74) is 1.68. The molecule has 0 aliphatic carbocycles. The van der Waals surface area contributed by atoms with Crippen LogP contribution in [0.2, 0.25) is 0 Å². The van der Waals surface area contributed by atoms with Gasteiger partial charge in [0, 0.05) is 0 Å². The van der Waals surface area contributed by atoms with Crippen LogP contribution in [0.4, 0.5) is 0 Å². The van der Waals surface area contributed by atoms with Gasteiger partial charge in [0.1, 0.15) is 5.75 Å². The minimum atomic E-state index is -0.160. The lowest BCUT2D eigenvalue weighted by molar-refractivity contribution is 0.414. The van der Waals surface area contributed by atoms with E-state index < -0.39 is 0 Å². The Bertz CT molecular complexity index is 926. The number of hydrogen-bond acceptors (Lipinski definition) is 3. The zero-order chi connectivity index (χ0) is 15.7. The van der Waals surface area contributed by atoms with Gasteiger partial charge < -0.3 is 9.72 Å². The van der Waals surface area contributed by atoms with Crippen LogP contribution < -0.4 is 10.3 Å². The van der Waals surface area contributed by atoms with Crippen LogP contribution in [-0.4, -0.2) is 16.7 Å². The third kappa shape index (κ3) is 2.44. The second kappa shape index (κ2) is 5.77. The fourth-order valence-corrected chi connectivity index (χ4v) is 2.91. The first-order chi connectivity index (χ1) is 10.6. The molecule has 0 radical (unpaired) electrons. The van der Waals surface area contributed by atoms with E-state index in [4.69, 9.17) is 17.0 Å². The molecule has 0 saturated heterocycles. The molecule has 2 aromatic carbocycles. The van der Waals surface area contributed by atoms with E-state index in [0.29, 0.717) is 10.2 Å². The summed E-state index contributed by atoms with van der Waals surface area (Å²) in [6.07, 6.45) is 0. The summed E-state index contributed by atoms with van der Waals surface area (Å²) in [6.45, 7) is 1.96. The van der Waals surface area contributed by atoms with Gasteiger partial charge in [-0.15, -0.1) is 0 Å². The summed E-state index contributed by atoms with van der Waals surface area (Å²) in [7, 11) is 1.63. The highest BCUT2D eigenvalue weighted by Crippen LogP contribution is 2.20. The Labute approximate surface area is 133 Å². The molecule has 0 aliphatic rings. The Hall–Kier alpha value is -2.40. The van der Waals surface area contributed by atoms with Gasteiger partial charge in [-0.25, -0.2) is 0 Å². The van der Waals surface area contributed by atoms with Gasteiger partial charge >= 0.3 is 0 Å². The second-order valence-corrected chi connectivity index (χ2v) is 5.49.